The lowest BCUT2D eigenvalue weighted by Gasteiger charge is -2.33. The normalized spacial score (nSPS) is 13.2. The zero-order valence-electron chi connectivity index (χ0n) is 18.1. The highest BCUT2D eigenvalue weighted by Crippen LogP contribution is 2.38. The van der Waals surface area contributed by atoms with Crippen LogP contribution in [0, 0.1) is 20.8 Å². The molecule has 4 nitrogen and oxygen atoms in total. The van der Waals surface area contributed by atoms with E-state index in [0.717, 1.165) is 39.9 Å². The number of aryl methyl sites for hydroxylation is 3. The van der Waals surface area contributed by atoms with Gasteiger partial charge < -0.3 is 14.1 Å². The van der Waals surface area contributed by atoms with Gasteiger partial charge in [0, 0.05) is 40.7 Å². The van der Waals surface area contributed by atoms with Gasteiger partial charge in [-0.1, -0.05) is 48.5 Å². The van der Waals surface area contributed by atoms with E-state index in [0.29, 0.717) is 24.3 Å². The highest BCUT2D eigenvalue weighted by Gasteiger charge is 2.24. The molecule has 3 aromatic carbocycles. The molecule has 31 heavy (non-hydrogen) atoms. The van der Waals surface area contributed by atoms with Crippen LogP contribution in [0.25, 0.3) is 11.0 Å². The third kappa shape index (κ3) is 3.38. The van der Waals surface area contributed by atoms with Crippen molar-refractivity contribution in [3.8, 4) is 5.75 Å². The van der Waals surface area contributed by atoms with E-state index in [1.165, 1.54) is 11.3 Å². The Balaban J connectivity index is 1.61. The molecule has 0 spiro atoms. The first-order valence-electron chi connectivity index (χ1n) is 10.6. The zero-order valence-corrected chi connectivity index (χ0v) is 18.1. The van der Waals surface area contributed by atoms with Crippen molar-refractivity contribution in [2.75, 3.05) is 11.6 Å². The predicted molar refractivity (Wildman–Crippen MR) is 124 cm³/mol. The SMILES string of the molecule is Cc1ccccc1N1COc2c(cc3c(C)c(Cc4ccccc4)c(=O)oc3c2C)C1. The van der Waals surface area contributed by atoms with E-state index in [2.05, 4.69) is 42.2 Å². The second-order valence-electron chi connectivity index (χ2n) is 8.28. The molecule has 4 aromatic rings. The number of hydrogen-bond donors (Lipinski definition) is 0. The Morgan fingerprint density at radius 2 is 1.68 bits per heavy atom. The Hall–Kier alpha value is -3.53. The maximum Gasteiger partial charge on any atom is 0.340 e. The summed E-state index contributed by atoms with van der Waals surface area (Å²) in [7, 11) is 0. The minimum Gasteiger partial charge on any atom is -0.472 e. The Bertz CT molecular complexity index is 1340. The van der Waals surface area contributed by atoms with Crippen LogP contribution in [0.4, 0.5) is 5.69 Å². The molecule has 0 saturated heterocycles. The molecule has 0 fully saturated rings. The molecule has 5 rings (SSSR count). The van der Waals surface area contributed by atoms with Gasteiger partial charge in [0.05, 0.1) is 0 Å². The first kappa shape index (κ1) is 19.4. The van der Waals surface area contributed by atoms with E-state index in [4.69, 9.17) is 9.15 Å². The second kappa shape index (κ2) is 7.62. The maximum atomic E-state index is 12.8. The van der Waals surface area contributed by atoms with Crippen LogP contribution in [0.2, 0.25) is 0 Å². The number of hydrogen-bond acceptors (Lipinski definition) is 4. The lowest BCUT2D eigenvalue weighted by molar-refractivity contribution is 0.287. The summed E-state index contributed by atoms with van der Waals surface area (Å²) in [5.74, 6) is 0.829. The minimum atomic E-state index is -0.269. The number of para-hydroxylation sites is 1. The van der Waals surface area contributed by atoms with Gasteiger partial charge in [-0.05, 0) is 49.6 Å². The minimum absolute atomic E-state index is 0.269. The third-order valence-electron chi connectivity index (χ3n) is 6.24. The Morgan fingerprint density at radius 1 is 0.935 bits per heavy atom. The molecule has 0 saturated carbocycles. The molecule has 0 radical (unpaired) electrons. The number of ether oxygens (including phenoxy) is 1. The van der Waals surface area contributed by atoms with Crippen molar-refractivity contribution in [3.05, 3.63) is 104 Å². The van der Waals surface area contributed by atoms with E-state index < -0.39 is 0 Å². The quantitative estimate of drug-likeness (QED) is 0.408. The lowest BCUT2D eigenvalue weighted by Crippen LogP contribution is -2.32. The molecule has 1 aliphatic heterocycles. The van der Waals surface area contributed by atoms with Crippen LogP contribution in [-0.2, 0) is 13.0 Å². The highest BCUT2D eigenvalue weighted by molar-refractivity contribution is 5.87. The largest absolute Gasteiger partial charge is 0.472 e. The molecule has 0 amide bonds. The van der Waals surface area contributed by atoms with Crippen LogP contribution in [0.1, 0.15) is 33.4 Å². The molecular formula is C27H25NO3. The van der Waals surface area contributed by atoms with E-state index in [1.54, 1.807) is 0 Å². The van der Waals surface area contributed by atoms with Gasteiger partial charge in [-0.3, -0.25) is 0 Å². The average molecular weight is 412 g/mol. The van der Waals surface area contributed by atoms with E-state index in [9.17, 15) is 4.79 Å². The summed E-state index contributed by atoms with van der Waals surface area (Å²) < 4.78 is 12.0. The van der Waals surface area contributed by atoms with Crippen LogP contribution < -0.4 is 15.3 Å². The van der Waals surface area contributed by atoms with E-state index in [-0.39, 0.29) is 5.63 Å². The van der Waals surface area contributed by atoms with Gasteiger partial charge in [-0.15, -0.1) is 0 Å². The summed E-state index contributed by atoms with van der Waals surface area (Å²) in [6.45, 7) is 7.34. The fourth-order valence-corrected chi connectivity index (χ4v) is 4.52. The Kier molecular flexibility index (Phi) is 4.78. The van der Waals surface area contributed by atoms with Crippen LogP contribution in [0.15, 0.2) is 69.9 Å². The molecule has 2 heterocycles. The summed E-state index contributed by atoms with van der Waals surface area (Å²) in [5, 5.41) is 0.983. The second-order valence-corrected chi connectivity index (χ2v) is 8.28. The third-order valence-corrected chi connectivity index (χ3v) is 6.24. The smallest absolute Gasteiger partial charge is 0.340 e. The Labute approximate surface area is 181 Å². The summed E-state index contributed by atoms with van der Waals surface area (Å²) in [4.78, 5) is 15.1. The Morgan fingerprint density at radius 3 is 2.45 bits per heavy atom. The van der Waals surface area contributed by atoms with Crippen molar-refractivity contribution in [3.63, 3.8) is 0 Å². The number of nitrogens with zero attached hydrogens (tertiary/aromatic N) is 1. The highest BCUT2D eigenvalue weighted by atomic mass is 16.5. The van der Waals surface area contributed by atoms with Crippen LogP contribution >= 0.6 is 0 Å². The first-order valence-corrected chi connectivity index (χ1v) is 10.6. The molecule has 1 aromatic heterocycles. The summed E-state index contributed by atoms with van der Waals surface area (Å²) in [6.07, 6.45) is 0.562. The zero-order chi connectivity index (χ0) is 21.5. The van der Waals surface area contributed by atoms with Crippen LogP contribution in [0.5, 0.6) is 5.75 Å². The van der Waals surface area contributed by atoms with Crippen molar-refractivity contribution in [1.29, 1.82) is 0 Å². The van der Waals surface area contributed by atoms with Crippen molar-refractivity contribution in [2.45, 2.75) is 33.7 Å². The van der Waals surface area contributed by atoms with Gasteiger partial charge in [0.2, 0.25) is 0 Å². The van der Waals surface area contributed by atoms with Gasteiger partial charge in [-0.25, -0.2) is 4.79 Å². The summed E-state index contributed by atoms with van der Waals surface area (Å²) in [5.41, 5.74) is 7.55. The van der Waals surface area contributed by atoms with Gasteiger partial charge in [-0.2, -0.15) is 0 Å². The molecule has 4 heteroatoms. The lowest BCUT2D eigenvalue weighted by atomic mass is 9.96. The number of rotatable bonds is 3. The van der Waals surface area contributed by atoms with Crippen molar-refractivity contribution in [1.82, 2.24) is 0 Å². The number of anilines is 1. The van der Waals surface area contributed by atoms with Crippen molar-refractivity contribution in [2.24, 2.45) is 0 Å². The number of benzene rings is 3. The topological polar surface area (TPSA) is 42.7 Å². The van der Waals surface area contributed by atoms with Gasteiger partial charge in [0.15, 0.2) is 6.73 Å². The molecule has 1 aliphatic rings. The molecule has 0 atom stereocenters. The van der Waals surface area contributed by atoms with Gasteiger partial charge in [0.25, 0.3) is 0 Å². The maximum absolute atomic E-state index is 12.8. The van der Waals surface area contributed by atoms with Crippen molar-refractivity contribution >= 4 is 16.7 Å². The van der Waals surface area contributed by atoms with Gasteiger partial charge in [0.1, 0.15) is 11.3 Å². The average Bonchev–Trinajstić information content (AvgIpc) is 2.78. The summed E-state index contributed by atoms with van der Waals surface area (Å²) >= 11 is 0. The molecule has 0 bridgehead atoms. The predicted octanol–water partition coefficient (Wildman–Crippen LogP) is 5.67. The summed E-state index contributed by atoms with van der Waals surface area (Å²) in [6, 6.07) is 20.5. The molecule has 156 valence electrons. The van der Waals surface area contributed by atoms with Crippen LogP contribution in [-0.4, -0.2) is 6.73 Å². The van der Waals surface area contributed by atoms with E-state index in [1.807, 2.05) is 44.2 Å². The van der Waals surface area contributed by atoms with Gasteiger partial charge >= 0.3 is 5.63 Å². The molecular weight excluding hydrogens is 386 g/mol. The fraction of sp³-hybridized carbons (Fsp3) is 0.222. The molecule has 0 N–H and O–H groups in total. The molecule has 0 aliphatic carbocycles. The standard InChI is InChI=1S/C27H25NO3/c1-17-9-7-8-12-24(17)28-15-21-14-22-18(2)23(13-20-10-5-4-6-11-20)27(29)31-26(22)19(3)25(21)30-16-28/h4-12,14H,13,15-16H2,1-3H3. The number of fused-ring (bicyclic) bond motifs is 2. The van der Waals surface area contributed by atoms with Crippen molar-refractivity contribution < 1.29 is 9.15 Å². The first-order chi connectivity index (χ1) is 15.0. The molecule has 0 unspecified atom stereocenters. The fourth-order valence-electron chi connectivity index (χ4n) is 4.52. The van der Waals surface area contributed by atoms with E-state index >= 15 is 0 Å². The monoisotopic (exact) mass is 411 g/mol. The van der Waals surface area contributed by atoms with Crippen LogP contribution in [0.3, 0.4) is 0 Å².